The lowest BCUT2D eigenvalue weighted by Crippen LogP contribution is -2.37. The second-order valence-corrected chi connectivity index (χ2v) is 7.76. The molecule has 1 unspecified atom stereocenters. The van der Waals surface area contributed by atoms with E-state index in [0.717, 1.165) is 62.3 Å². The van der Waals surface area contributed by atoms with Gasteiger partial charge in [0.1, 0.15) is 11.0 Å². The SMILES string of the molecule is O=C(O)CC1SC(=NN=Cc2cccc(OCCCN3CCOCC3)c2)NC1=O. The highest BCUT2D eigenvalue weighted by molar-refractivity contribution is 8.15. The van der Waals surface area contributed by atoms with Gasteiger partial charge in [0.2, 0.25) is 5.91 Å². The topological polar surface area (TPSA) is 113 Å². The Morgan fingerprint density at radius 1 is 1.41 bits per heavy atom. The van der Waals surface area contributed by atoms with Crippen molar-refractivity contribution in [2.75, 3.05) is 39.5 Å². The molecule has 2 N–H and O–H groups in total. The maximum Gasteiger partial charge on any atom is 0.305 e. The van der Waals surface area contributed by atoms with Crippen LogP contribution in [0.2, 0.25) is 0 Å². The number of thioether (sulfide) groups is 1. The number of hydrogen-bond donors (Lipinski definition) is 2. The Morgan fingerprint density at radius 3 is 3.03 bits per heavy atom. The van der Waals surface area contributed by atoms with Gasteiger partial charge in [0.25, 0.3) is 0 Å². The van der Waals surface area contributed by atoms with Crippen LogP contribution in [-0.2, 0) is 14.3 Å². The van der Waals surface area contributed by atoms with Gasteiger partial charge in [-0.15, -0.1) is 5.10 Å². The maximum atomic E-state index is 11.7. The maximum absolute atomic E-state index is 11.7. The number of carbonyl (C=O) groups excluding carboxylic acids is 1. The third-order valence-corrected chi connectivity index (χ3v) is 5.41. The van der Waals surface area contributed by atoms with Gasteiger partial charge in [-0.2, -0.15) is 5.10 Å². The van der Waals surface area contributed by atoms with E-state index in [1.807, 2.05) is 24.3 Å². The quantitative estimate of drug-likeness (QED) is 0.350. The first-order chi connectivity index (χ1) is 14.1. The van der Waals surface area contributed by atoms with E-state index >= 15 is 0 Å². The van der Waals surface area contributed by atoms with Crippen molar-refractivity contribution in [1.82, 2.24) is 10.2 Å². The Morgan fingerprint density at radius 2 is 2.24 bits per heavy atom. The molecule has 29 heavy (non-hydrogen) atoms. The van der Waals surface area contributed by atoms with E-state index in [1.165, 1.54) is 0 Å². The standard InChI is InChI=1S/C19H24N4O5S/c24-17(25)12-16-18(26)21-19(29-16)22-20-13-14-3-1-4-15(11-14)28-8-2-5-23-6-9-27-10-7-23/h1,3-4,11,13,16H,2,5-10,12H2,(H,24,25)(H,21,22,26). The lowest BCUT2D eigenvalue weighted by atomic mass is 10.2. The number of hydrogen-bond acceptors (Lipinski definition) is 8. The summed E-state index contributed by atoms with van der Waals surface area (Å²) < 4.78 is 11.1. The lowest BCUT2D eigenvalue weighted by Gasteiger charge is -2.26. The van der Waals surface area contributed by atoms with Crippen LogP contribution in [0.5, 0.6) is 5.75 Å². The summed E-state index contributed by atoms with van der Waals surface area (Å²) in [5.74, 6) is -0.628. The highest BCUT2D eigenvalue weighted by atomic mass is 32.2. The Labute approximate surface area is 173 Å². The fraction of sp³-hybridized carbons (Fsp3) is 0.474. The first-order valence-electron chi connectivity index (χ1n) is 9.43. The number of ether oxygens (including phenoxy) is 2. The fourth-order valence-corrected chi connectivity index (χ4v) is 3.80. The van der Waals surface area contributed by atoms with Gasteiger partial charge in [0.05, 0.1) is 32.5 Å². The second-order valence-electron chi connectivity index (χ2n) is 6.57. The average molecular weight is 420 g/mol. The van der Waals surface area contributed by atoms with Crippen molar-refractivity contribution >= 4 is 35.0 Å². The Kier molecular flexibility index (Phi) is 8.03. The van der Waals surface area contributed by atoms with Crippen molar-refractivity contribution in [2.45, 2.75) is 18.1 Å². The molecular formula is C19H24N4O5S. The van der Waals surface area contributed by atoms with E-state index in [9.17, 15) is 9.59 Å². The van der Waals surface area contributed by atoms with Crippen LogP contribution < -0.4 is 10.1 Å². The van der Waals surface area contributed by atoms with Crippen LogP contribution >= 0.6 is 11.8 Å². The summed E-state index contributed by atoms with van der Waals surface area (Å²) in [4.78, 5) is 24.8. The molecule has 156 valence electrons. The number of benzene rings is 1. The summed E-state index contributed by atoms with van der Waals surface area (Å²) in [7, 11) is 0. The van der Waals surface area contributed by atoms with Crippen LogP contribution in [0.3, 0.4) is 0 Å². The summed E-state index contributed by atoms with van der Waals surface area (Å²) in [5, 5.41) is 18.9. The molecule has 0 saturated carbocycles. The first kappa shape index (κ1) is 21.3. The fourth-order valence-electron chi connectivity index (χ4n) is 2.88. The number of carboxylic acids is 1. The van der Waals surface area contributed by atoms with Crippen molar-refractivity contribution in [2.24, 2.45) is 10.2 Å². The lowest BCUT2D eigenvalue weighted by molar-refractivity contribution is -0.138. The molecule has 2 aliphatic heterocycles. The van der Waals surface area contributed by atoms with Crippen molar-refractivity contribution in [3.63, 3.8) is 0 Å². The van der Waals surface area contributed by atoms with E-state index in [4.69, 9.17) is 14.6 Å². The van der Waals surface area contributed by atoms with E-state index in [1.54, 1.807) is 6.21 Å². The number of rotatable bonds is 9. The van der Waals surface area contributed by atoms with Crippen molar-refractivity contribution in [3.8, 4) is 5.75 Å². The van der Waals surface area contributed by atoms with Crippen LogP contribution in [-0.4, -0.2) is 78.0 Å². The molecule has 0 aliphatic carbocycles. The molecule has 1 aromatic carbocycles. The minimum absolute atomic E-state index is 0.246. The first-order valence-corrected chi connectivity index (χ1v) is 10.3. The molecule has 0 spiro atoms. The third kappa shape index (κ3) is 7.15. The summed E-state index contributed by atoms with van der Waals surface area (Å²) in [6.45, 7) is 5.18. The van der Waals surface area contributed by atoms with Crippen molar-refractivity contribution < 1.29 is 24.2 Å². The molecule has 2 fully saturated rings. The number of morpholine rings is 1. The van der Waals surface area contributed by atoms with Crippen LogP contribution in [0.15, 0.2) is 34.5 Å². The third-order valence-electron chi connectivity index (χ3n) is 4.34. The zero-order valence-corrected chi connectivity index (χ0v) is 16.8. The number of amidine groups is 1. The van der Waals surface area contributed by atoms with Crippen LogP contribution in [0.4, 0.5) is 0 Å². The van der Waals surface area contributed by atoms with Crippen LogP contribution in [0, 0.1) is 0 Å². The molecule has 1 atom stereocenters. The Hall–Kier alpha value is -2.43. The van der Waals surface area contributed by atoms with Crippen LogP contribution in [0.1, 0.15) is 18.4 Å². The van der Waals surface area contributed by atoms with Gasteiger partial charge >= 0.3 is 5.97 Å². The summed E-state index contributed by atoms with van der Waals surface area (Å²) >= 11 is 1.07. The van der Waals surface area contributed by atoms with Crippen LogP contribution in [0.25, 0.3) is 0 Å². The molecule has 9 nitrogen and oxygen atoms in total. The molecule has 2 heterocycles. The molecular weight excluding hydrogens is 396 g/mol. The van der Waals surface area contributed by atoms with Crippen molar-refractivity contribution in [1.29, 1.82) is 0 Å². The molecule has 1 aromatic rings. The summed E-state index contributed by atoms with van der Waals surface area (Å²) in [5.41, 5.74) is 0.816. The van der Waals surface area contributed by atoms with Gasteiger partial charge < -0.3 is 19.9 Å². The predicted octanol–water partition coefficient (Wildman–Crippen LogP) is 1.18. The molecule has 1 amide bonds. The minimum Gasteiger partial charge on any atom is -0.494 e. The Balaban J connectivity index is 1.44. The van der Waals surface area contributed by atoms with E-state index in [-0.39, 0.29) is 12.3 Å². The summed E-state index contributed by atoms with van der Waals surface area (Å²) in [6, 6.07) is 7.51. The number of carboxylic acid groups (broad SMARTS) is 1. The number of amides is 1. The highest BCUT2D eigenvalue weighted by Gasteiger charge is 2.32. The van der Waals surface area contributed by atoms with Gasteiger partial charge in [-0.25, -0.2) is 0 Å². The minimum atomic E-state index is -1.02. The highest BCUT2D eigenvalue weighted by Crippen LogP contribution is 2.22. The van der Waals surface area contributed by atoms with E-state index in [2.05, 4.69) is 20.4 Å². The number of nitrogens with zero attached hydrogens (tertiary/aromatic N) is 3. The number of nitrogens with one attached hydrogen (secondary N) is 1. The van der Waals surface area contributed by atoms with E-state index < -0.39 is 11.2 Å². The molecule has 0 bridgehead atoms. The van der Waals surface area contributed by atoms with Gasteiger partial charge in [0, 0.05) is 19.6 Å². The molecule has 2 saturated heterocycles. The van der Waals surface area contributed by atoms with Crippen molar-refractivity contribution in [3.05, 3.63) is 29.8 Å². The molecule has 3 rings (SSSR count). The predicted molar refractivity (Wildman–Crippen MR) is 111 cm³/mol. The van der Waals surface area contributed by atoms with Gasteiger partial charge in [-0.05, 0) is 24.1 Å². The number of aliphatic carboxylic acids is 1. The summed E-state index contributed by atoms with van der Waals surface area (Å²) in [6.07, 6.45) is 2.26. The second kappa shape index (κ2) is 10.9. The number of carbonyl (C=O) groups is 2. The van der Waals surface area contributed by atoms with E-state index in [0.29, 0.717) is 11.8 Å². The zero-order valence-electron chi connectivity index (χ0n) is 16.0. The molecule has 0 aromatic heterocycles. The molecule has 2 aliphatic rings. The van der Waals surface area contributed by atoms with Gasteiger partial charge in [-0.3, -0.25) is 14.5 Å². The average Bonchev–Trinajstić information content (AvgIpc) is 3.05. The monoisotopic (exact) mass is 420 g/mol. The normalized spacial score (nSPS) is 21.6. The Bertz CT molecular complexity index is 780. The van der Waals surface area contributed by atoms with Gasteiger partial charge in [0.15, 0.2) is 5.17 Å². The molecule has 0 radical (unpaired) electrons. The zero-order chi connectivity index (χ0) is 20.5. The van der Waals surface area contributed by atoms with Gasteiger partial charge in [-0.1, -0.05) is 23.9 Å². The largest absolute Gasteiger partial charge is 0.494 e. The smallest absolute Gasteiger partial charge is 0.305 e. The molecule has 10 heteroatoms.